The molecule has 1 fully saturated rings. The molecule has 4 aromatic carbocycles. The number of nitrogens with one attached hydrogen (secondary N) is 2. The molecule has 1 aliphatic carbocycles. The lowest BCUT2D eigenvalue weighted by Gasteiger charge is -2.20. The Kier molecular flexibility index (Phi) is 10.2. The molecule has 5 aromatic rings. The first-order valence-electron chi connectivity index (χ1n) is 17.6. The number of oxime groups is 1. The van der Waals surface area contributed by atoms with Crippen molar-refractivity contribution in [2.45, 2.75) is 51.3 Å². The van der Waals surface area contributed by atoms with Crippen LogP contribution in [-0.2, 0) is 16.1 Å². The molecular weight excluding hydrogens is 672 g/mol. The molecule has 2 aliphatic heterocycles. The number of benzene rings is 4. The van der Waals surface area contributed by atoms with Crippen LogP contribution in [0.4, 0.5) is 10.5 Å². The average molecular weight is 713 g/mol. The summed E-state index contributed by atoms with van der Waals surface area (Å²) in [7, 11) is 1.60. The number of rotatable bonds is 8. The molecule has 8 rings (SSSR count). The highest BCUT2D eigenvalue weighted by Gasteiger charge is 2.37. The number of carbonyl (C=O) groups is 3. The summed E-state index contributed by atoms with van der Waals surface area (Å²) in [5.41, 5.74) is 12.1. The lowest BCUT2D eigenvalue weighted by atomic mass is 9.98. The van der Waals surface area contributed by atoms with E-state index in [0.717, 1.165) is 58.1 Å². The van der Waals surface area contributed by atoms with E-state index in [0.29, 0.717) is 35.2 Å². The number of anilines is 1. The summed E-state index contributed by atoms with van der Waals surface area (Å²) in [6.45, 7) is 2.31. The Bertz CT molecular complexity index is 2190. The highest BCUT2D eigenvalue weighted by molar-refractivity contribution is 6.21. The van der Waals surface area contributed by atoms with Gasteiger partial charge in [-0.1, -0.05) is 71.9 Å². The number of nitrogens with zero attached hydrogens (tertiary/aromatic N) is 3. The molecule has 1 saturated carbocycles. The number of para-hydroxylation sites is 2. The predicted molar refractivity (Wildman–Crippen MR) is 203 cm³/mol. The number of methoxy groups -OCH3 is 1. The number of fused-ring (bicyclic) bond motifs is 1. The van der Waals surface area contributed by atoms with Crippen LogP contribution in [0, 0.1) is 0 Å². The van der Waals surface area contributed by atoms with Gasteiger partial charge in [-0.3, -0.25) is 14.4 Å². The maximum absolute atomic E-state index is 13.5. The molecular formula is C41H40N6O6. The van der Waals surface area contributed by atoms with E-state index in [1.165, 1.54) is 12.8 Å². The molecule has 1 atom stereocenters. The summed E-state index contributed by atoms with van der Waals surface area (Å²) in [5.74, 6) is 0.775. The number of ether oxygens (including phenoxy) is 2. The third-order valence-electron chi connectivity index (χ3n) is 9.55. The molecule has 0 saturated heterocycles. The molecule has 12 nitrogen and oxygen atoms in total. The number of hydrogen-bond acceptors (Lipinski definition) is 8. The van der Waals surface area contributed by atoms with Crippen LogP contribution in [-0.4, -0.2) is 60.2 Å². The Balaban J connectivity index is 0.000000181. The normalized spacial score (nSPS) is 16.6. The molecule has 3 amide bonds. The van der Waals surface area contributed by atoms with E-state index in [9.17, 15) is 14.4 Å². The monoisotopic (exact) mass is 712 g/mol. The van der Waals surface area contributed by atoms with Crippen LogP contribution in [0.15, 0.2) is 107 Å². The molecule has 0 spiro atoms. The van der Waals surface area contributed by atoms with Crippen LogP contribution in [0.3, 0.4) is 0 Å². The minimum absolute atomic E-state index is 0.216. The number of amides is 3. The molecule has 3 aliphatic rings. The Morgan fingerprint density at radius 2 is 1.72 bits per heavy atom. The third kappa shape index (κ3) is 7.62. The Morgan fingerprint density at radius 1 is 0.943 bits per heavy atom. The topological polar surface area (TPSA) is 161 Å². The standard InChI is InChI=1S/C26H20N4O2.C15H20N2O4/c31-25(21-15-18-9-4-5-12-20(18)27-21)29-24-26(32)30-14-13-17-10-6-11-19(23(17)30)22(28-24)16-7-2-1-3-8-16;1-10(17-21-15(16)18)11-7-8-13(19-2)14(9-11)20-12-5-3-4-6-12/h1-12,15,24,27H,13-14H2,(H,29,31);7-9,12H,3-6H2,1-2H3,(H2,16,18)/b;17-10+/t24-;/m0./s1. The first-order chi connectivity index (χ1) is 25.8. The van der Waals surface area contributed by atoms with Gasteiger partial charge in [-0.2, -0.15) is 0 Å². The van der Waals surface area contributed by atoms with E-state index in [2.05, 4.69) is 26.4 Å². The van der Waals surface area contributed by atoms with Crippen molar-refractivity contribution in [3.63, 3.8) is 0 Å². The summed E-state index contributed by atoms with van der Waals surface area (Å²) >= 11 is 0. The predicted octanol–water partition coefficient (Wildman–Crippen LogP) is 6.50. The largest absolute Gasteiger partial charge is 0.493 e. The number of aromatic amines is 1. The number of hydrogen-bond donors (Lipinski definition) is 3. The number of carbonyl (C=O) groups excluding carboxylic acids is 3. The van der Waals surface area contributed by atoms with Crippen LogP contribution in [0.25, 0.3) is 10.9 Å². The summed E-state index contributed by atoms with van der Waals surface area (Å²) in [6, 6.07) is 30.8. The van der Waals surface area contributed by atoms with Gasteiger partial charge in [0.15, 0.2) is 11.5 Å². The molecule has 0 unspecified atom stereocenters. The van der Waals surface area contributed by atoms with Crippen LogP contribution in [0.1, 0.15) is 65.3 Å². The fourth-order valence-corrected chi connectivity index (χ4v) is 6.93. The van der Waals surface area contributed by atoms with Gasteiger partial charge in [-0.05, 0) is 74.9 Å². The molecule has 53 heavy (non-hydrogen) atoms. The molecule has 12 heteroatoms. The van der Waals surface area contributed by atoms with E-state index < -0.39 is 12.3 Å². The van der Waals surface area contributed by atoms with E-state index >= 15 is 0 Å². The number of aromatic nitrogens is 1. The number of H-pyrrole nitrogens is 1. The zero-order chi connectivity index (χ0) is 36.9. The Morgan fingerprint density at radius 3 is 2.47 bits per heavy atom. The minimum Gasteiger partial charge on any atom is -0.493 e. The van der Waals surface area contributed by atoms with Gasteiger partial charge in [0.2, 0.25) is 6.17 Å². The average Bonchev–Trinajstić information content (AvgIpc) is 3.95. The maximum Gasteiger partial charge on any atom is 0.430 e. The maximum atomic E-state index is 13.5. The van der Waals surface area contributed by atoms with Crippen molar-refractivity contribution in [3.8, 4) is 11.5 Å². The first-order valence-corrected chi connectivity index (χ1v) is 17.6. The van der Waals surface area contributed by atoms with Crippen molar-refractivity contribution in [2.75, 3.05) is 18.6 Å². The van der Waals surface area contributed by atoms with E-state index in [4.69, 9.17) is 20.2 Å². The van der Waals surface area contributed by atoms with Crippen molar-refractivity contribution < 1.29 is 28.7 Å². The first kappa shape index (κ1) is 35.0. The van der Waals surface area contributed by atoms with Crippen LogP contribution < -0.4 is 25.4 Å². The quantitative estimate of drug-likeness (QED) is 0.0946. The third-order valence-corrected chi connectivity index (χ3v) is 9.55. The fourth-order valence-electron chi connectivity index (χ4n) is 6.93. The SMILES string of the molecule is COc1ccc(/C(C)=N/OC(N)=O)cc1OC1CCCC1.O=C(N[C@@H]1N=C(c2ccccc2)c2cccc3c2N(CC3)C1=O)c1cc2ccccc2[nH]1. The summed E-state index contributed by atoms with van der Waals surface area (Å²) in [4.78, 5) is 51.3. The second-order valence-electron chi connectivity index (χ2n) is 13.0. The summed E-state index contributed by atoms with van der Waals surface area (Å²) in [6.07, 6.45) is 3.58. The second-order valence-corrected chi connectivity index (χ2v) is 13.0. The second kappa shape index (κ2) is 15.4. The number of aliphatic imine (C=N–C) groups is 1. The van der Waals surface area contributed by atoms with E-state index in [-0.39, 0.29) is 17.9 Å². The molecule has 3 heterocycles. The lowest BCUT2D eigenvalue weighted by molar-refractivity contribution is -0.120. The smallest absolute Gasteiger partial charge is 0.430 e. The van der Waals surface area contributed by atoms with E-state index in [1.807, 2.05) is 84.9 Å². The van der Waals surface area contributed by atoms with Crippen molar-refractivity contribution >= 4 is 45.9 Å². The van der Waals surface area contributed by atoms with Crippen molar-refractivity contribution in [1.82, 2.24) is 10.3 Å². The zero-order valence-corrected chi connectivity index (χ0v) is 29.5. The molecule has 0 bridgehead atoms. The van der Waals surface area contributed by atoms with Crippen LogP contribution in [0.2, 0.25) is 0 Å². The summed E-state index contributed by atoms with van der Waals surface area (Å²) in [5, 5.41) is 7.47. The van der Waals surface area contributed by atoms with Crippen LogP contribution >= 0.6 is 0 Å². The zero-order valence-electron chi connectivity index (χ0n) is 29.5. The van der Waals surface area contributed by atoms with Gasteiger partial charge in [-0.25, -0.2) is 9.79 Å². The Hall–Kier alpha value is -6.43. The molecule has 1 aromatic heterocycles. The van der Waals surface area contributed by atoms with Gasteiger partial charge in [0, 0.05) is 34.1 Å². The lowest BCUT2D eigenvalue weighted by Crippen LogP contribution is -2.47. The van der Waals surface area contributed by atoms with Crippen molar-refractivity contribution in [1.29, 1.82) is 0 Å². The van der Waals surface area contributed by atoms with E-state index in [1.54, 1.807) is 25.0 Å². The highest BCUT2D eigenvalue weighted by atomic mass is 16.7. The molecule has 270 valence electrons. The van der Waals surface area contributed by atoms with Crippen molar-refractivity contribution in [2.24, 2.45) is 15.9 Å². The minimum atomic E-state index is -1.01. The van der Waals surface area contributed by atoms with Crippen molar-refractivity contribution in [3.05, 3.63) is 125 Å². The van der Waals surface area contributed by atoms with Gasteiger partial charge < -0.3 is 30.4 Å². The Labute approximate surface area is 306 Å². The summed E-state index contributed by atoms with van der Waals surface area (Å²) < 4.78 is 11.3. The number of primary amides is 1. The van der Waals surface area contributed by atoms with Gasteiger partial charge in [-0.15, -0.1) is 0 Å². The molecule has 4 N–H and O–H groups in total. The number of nitrogens with two attached hydrogens (primary N) is 1. The van der Waals surface area contributed by atoms with Gasteiger partial charge in [0.05, 0.1) is 30.3 Å². The molecule has 0 radical (unpaired) electrons. The van der Waals surface area contributed by atoms with Gasteiger partial charge in [0.1, 0.15) is 5.69 Å². The fraction of sp³-hybridized carbons (Fsp3) is 0.244. The van der Waals surface area contributed by atoms with Crippen LogP contribution in [0.5, 0.6) is 11.5 Å². The van der Waals surface area contributed by atoms with Gasteiger partial charge in [0.25, 0.3) is 11.8 Å². The van der Waals surface area contributed by atoms with Gasteiger partial charge >= 0.3 is 6.09 Å². The highest BCUT2D eigenvalue weighted by Crippen LogP contribution is 2.36.